The van der Waals surface area contributed by atoms with Crippen molar-refractivity contribution in [2.24, 2.45) is 0 Å². The van der Waals surface area contributed by atoms with Crippen LogP contribution in [0.15, 0.2) is 18.2 Å². The third-order valence-corrected chi connectivity index (χ3v) is 3.20. The maximum Gasteiger partial charge on any atom is 0.414 e. The number of carbonyl (C=O) groups is 1. The SMILES string of the molecule is CCNc1ccc2c(c1)N(C(=O)OC(C)(C)C)CCC2. The molecule has 0 unspecified atom stereocenters. The minimum Gasteiger partial charge on any atom is -0.443 e. The van der Waals surface area contributed by atoms with Crippen molar-refractivity contribution in [3.63, 3.8) is 0 Å². The highest BCUT2D eigenvalue weighted by molar-refractivity contribution is 5.90. The van der Waals surface area contributed by atoms with E-state index >= 15 is 0 Å². The maximum absolute atomic E-state index is 12.3. The first kappa shape index (κ1) is 14.7. The number of carbonyl (C=O) groups excluding carboxylic acids is 1. The zero-order valence-corrected chi connectivity index (χ0v) is 12.8. The summed E-state index contributed by atoms with van der Waals surface area (Å²) in [6.45, 7) is 9.33. The quantitative estimate of drug-likeness (QED) is 0.893. The van der Waals surface area contributed by atoms with E-state index in [1.165, 1.54) is 5.56 Å². The summed E-state index contributed by atoms with van der Waals surface area (Å²) in [7, 11) is 0. The Bertz CT molecular complexity index is 492. The highest BCUT2D eigenvalue weighted by atomic mass is 16.6. The van der Waals surface area contributed by atoms with Gasteiger partial charge in [-0.3, -0.25) is 4.90 Å². The molecule has 0 radical (unpaired) electrons. The zero-order valence-electron chi connectivity index (χ0n) is 12.8. The van der Waals surface area contributed by atoms with Gasteiger partial charge < -0.3 is 10.1 Å². The van der Waals surface area contributed by atoms with Gasteiger partial charge in [-0.2, -0.15) is 0 Å². The first-order valence-electron chi connectivity index (χ1n) is 7.28. The van der Waals surface area contributed by atoms with E-state index in [2.05, 4.69) is 24.4 Å². The molecular formula is C16H24N2O2. The fourth-order valence-electron chi connectivity index (χ4n) is 2.40. The summed E-state index contributed by atoms with van der Waals surface area (Å²) in [5, 5.41) is 3.29. The summed E-state index contributed by atoms with van der Waals surface area (Å²) in [4.78, 5) is 14.1. The smallest absolute Gasteiger partial charge is 0.414 e. The van der Waals surface area contributed by atoms with Crippen molar-refractivity contribution >= 4 is 17.5 Å². The first-order valence-corrected chi connectivity index (χ1v) is 7.28. The molecule has 0 saturated heterocycles. The summed E-state index contributed by atoms with van der Waals surface area (Å²) in [5.41, 5.74) is 2.77. The molecule has 0 aliphatic carbocycles. The van der Waals surface area contributed by atoms with E-state index in [-0.39, 0.29) is 6.09 Å². The molecule has 1 aliphatic heterocycles. The van der Waals surface area contributed by atoms with Crippen LogP contribution in [0.4, 0.5) is 16.2 Å². The second-order valence-corrected chi connectivity index (χ2v) is 6.11. The third-order valence-electron chi connectivity index (χ3n) is 3.20. The lowest BCUT2D eigenvalue weighted by molar-refractivity contribution is 0.0578. The number of rotatable bonds is 2. The Morgan fingerprint density at radius 1 is 1.40 bits per heavy atom. The van der Waals surface area contributed by atoms with Crippen LogP contribution in [-0.2, 0) is 11.2 Å². The average Bonchev–Trinajstić information content (AvgIpc) is 2.36. The van der Waals surface area contributed by atoms with Gasteiger partial charge in [-0.05, 0) is 58.2 Å². The van der Waals surface area contributed by atoms with E-state index in [1.807, 2.05) is 26.8 Å². The van der Waals surface area contributed by atoms with Gasteiger partial charge >= 0.3 is 6.09 Å². The van der Waals surface area contributed by atoms with Gasteiger partial charge in [0, 0.05) is 18.8 Å². The van der Waals surface area contributed by atoms with Crippen LogP contribution in [0.25, 0.3) is 0 Å². The van der Waals surface area contributed by atoms with Crippen molar-refractivity contribution in [1.82, 2.24) is 0 Å². The lowest BCUT2D eigenvalue weighted by Crippen LogP contribution is -2.39. The van der Waals surface area contributed by atoms with E-state index in [1.54, 1.807) is 4.90 Å². The highest BCUT2D eigenvalue weighted by Crippen LogP contribution is 2.31. The number of nitrogens with one attached hydrogen (secondary N) is 1. The van der Waals surface area contributed by atoms with Gasteiger partial charge in [-0.25, -0.2) is 4.79 Å². The monoisotopic (exact) mass is 276 g/mol. The number of amides is 1. The number of benzene rings is 1. The van der Waals surface area contributed by atoms with E-state index < -0.39 is 5.60 Å². The Morgan fingerprint density at radius 2 is 2.15 bits per heavy atom. The van der Waals surface area contributed by atoms with Gasteiger partial charge in [-0.15, -0.1) is 0 Å². The van der Waals surface area contributed by atoms with Crippen molar-refractivity contribution in [1.29, 1.82) is 0 Å². The Kier molecular flexibility index (Phi) is 4.21. The van der Waals surface area contributed by atoms with Gasteiger partial charge in [0.25, 0.3) is 0 Å². The molecule has 0 fully saturated rings. The lowest BCUT2D eigenvalue weighted by Gasteiger charge is -2.32. The molecule has 2 rings (SSSR count). The second kappa shape index (κ2) is 5.73. The summed E-state index contributed by atoms with van der Waals surface area (Å²) in [5.74, 6) is 0. The zero-order chi connectivity index (χ0) is 14.8. The number of ether oxygens (including phenoxy) is 1. The van der Waals surface area contributed by atoms with Crippen LogP contribution in [0.1, 0.15) is 39.7 Å². The van der Waals surface area contributed by atoms with Crippen molar-refractivity contribution in [3.05, 3.63) is 23.8 Å². The minimum atomic E-state index is -0.464. The van der Waals surface area contributed by atoms with Gasteiger partial charge in [0.2, 0.25) is 0 Å². The molecule has 1 aliphatic rings. The van der Waals surface area contributed by atoms with E-state index in [0.29, 0.717) is 0 Å². The summed E-state index contributed by atoms with van der Waals surface area (Å²) < 4.78 is 5.50. The number of aryl methyl sites for hydroxylation is 1. The van der Waals surface area contributed by atoms with Crippen LogP contribution < -0.4 is 10.2 Å². The fraction of sp³-hybridized carbons (Fsp3) is 0.562. The van der Waals surface area contributed by atoms with Crippen molar-refractivity contribution < 1.29 is 9.53 Å². The summed E-state index contributed by atoms with van der Waals surface area (Å²) in [6, 6.07) is 6.21. The molecular weight excluding hydrogens is 252 g/mol. The molecule has 20 heavy (non-hydrogen) atoms. The molecule has 1 aromatic carbocycles. The highest BCUT2D eigenvalue weighted by Gasteiger charge is 2.27. The molecule has 1 amide bonds. The van der Waals surface area contributed by atoms with Gasteiger partial charge in [0.1, 0.15) is 5.60 Å². The van der Waals surface area contributed by atoms with Gasteiger partial charge in [0.15, 0.2) is 0 Å². The van der Waals surface area contributed by atoms with Crippen LogP contribution in [-0.4, -0.2) is 24.8 Å². The van der Waals surface area contributed by atoms with Gasteiger partial charge in [0.05, 0.1) is 5.69 Å². The van der Waals surface area contributed by atoms with Crippen LogP contribution in [0, 0.1) is 0 Å². The molecule has 4 heteroatoms. The topological polar surface area (TPSA) is 41.6 Å². The second-order valence-electron chi connectivity index (χ2n) is 6.11. The normalized spacial score (nSPS) is 14.7. The summed E-state index contributed by atoms with van der Waals surface area (Å²) >= 11 is 0. The largest absolute Gasteiger partial charge is 0.443 e. The van der Waals surface area contributed by atoms with Gasteiger partial charge in [-0.1, -0.05) is 6.07 Å². The predicted octanol–water partition coefficient (Wildman–Crippen LogP) is 3.81. The van der Waals surface area contributed by atoms with E-state index in [4.69, 9.17) is 4.74 Å². The number of fused-ring (bicyclic) bond motifs is 1. The molecule has 0 aromatic heterocycles. The van der Waals surface area contributed by atoms with Crippen molar-refractivity contribution in [3.8, 4) is 0 Å². The number of hydrogen-bond donors (Lipinski definition) is 1. The Labute approximate surface area is 121 Å². The Hall–Kier alpha value is -1.71. The number of anilines is 2. The molecule has 0 spiro atoms. The van der Waals surface area contributed by atoms with Crippen LogP contribution in [0.3, 0.4) is 0 Å². The molecule has 110 valence electrons. The molecule has 0 saturated carbocycles. The number of hydrogen-bond acceptors (Lipinski definition) is 3. The van der Waals surface area contributed by atoms with Crippen molar-refractivity contribution in [2.75, 3.05) is 23.3 Å². The molecule has 0 bridgehead atoms. The van der Waals surface area contributed by atoms with E-state index in [0.717, 1.165) is 37.3 Å². The molecule has 0 atom stereocenters. The molecule has 1 heterocycles. The fourth-order valence-corrected chi connectivity index (χ4v) is 2.40. The standard InChI is InChI=1S/C16H24N2O2/c1-5-17-13-9-8-12-7-6-10-18(14(12)11-13)15(19)20-16(2,3)4/h8-9,11,17H,5-7,10H2,1-4H3. The Balaban J connectivity index is 2.26. The predicted molar refractivity (Wildman–Crippen MR) is 82.5 cm³/mol. The lowest BCUT2D eigenvalue weighted by atomic mass is 10.0. The van der Waals surface area contributed by atoms with Crippen LogP contribution in [0.2, 0.25) is 0 Å². The molecule has 4 nitrogen and oxygen atoms in total. The summed E-state index contributed by atoms with van der Waals surface area (Å²) in [6.07, 6.45) is 1.74. The van der Waals surface area contributed by atoms with Crippen LogP contribution >= 0.6 is 0 Å². The minimum absolute atomic E-state index is 0.257. The average molecular weight is 276 g/mol. The maximum atomic E-state index is 12.3. The first-order chi connectivity index (χ1) is 9.40. The molecule has 1 aromatic rings. The van der Waals surface area contributed by atoms with Crippen LogP contribution in [0.5, 0.6) is 0 Å². The number of nitrogens with zero attached hydrogens (tertiary/aromatic N) is 1. The van der Waals surface area contributed by atoms with E-state index in [9.17, 15) is 4.79 Å². The molecule has 1 N–H and O–H groups in total. The van der Waals surface area contributed by atoms with Crippen molar-refractivity contribution in [2.45, 2.75) is 46.1 Å². The Morgan fingerprint density at radius 3 is 2.80 bits per heavy atom. The third kappa shape index (κ3) is 3.44.